The molecule has 5 aliphatic rings. The van der Waals surface area contributed by atoms with Crippen LogP contribution in [0.15, 0.2) is 30.6 Å². The fourth-order valence-corrected chi connectivity index (χ4v) is 6.54. The molecular weight excluding hydrogens is 477 g/mol. The zero-order valence-corrected chi connectivity index (χ0v) is 21.0. The number of hydrogen-bond acceptors (Lipinski definition) is 7. The zero-order chi connectivity index (χ0) is 25.4. The highest BCUT2D eigenvalue weighted by atomic mass is 19.1. The third-order valence-electron chi connectivity index (χ3n) is 8.45. The lowest BCUT2D eigenvalue weighted by Gasteiger charge is -2.44. The molecule has 1 amide bonds. The molecule has 0 N–H and O–H groups in total. The summed E-state index contributed by atoms with van der Waals surface area (Å²) in [6.07, 6.45) is 5.05. The lowest BCUT2D eigenvalue weighted by Crippen LogP contribution is -2.59. The Morgan fingerprint density at radius 3 is 2.97 bits per heavy atom. The normalized spacial score (nSPS) is 29.5. The molecule has 3 aromatic rings. The molecule has 4 fully saturated rings. The first kappa shape index (κ1) is 23.0. The van der Waals surface area contributed by atoms with E-state index < -0.39 is 18.3 Å². The Labute approximate surface area is 213 Å². The Hall–Kier alpha value is -3.11. The standard InChI is InChI=1S/C27H30FN5O4/c1-16(36-19-3-4-22-21(7-19)20-5-6-35-13-18(20)9-29-22)23-12-33(31-30-23)27-14-26(2,15-27)37-24(27)25(34)32-10-17(8-28)11-32/h3-4,7,9,12,16-17,24H,5-6,8,10-11,13-15H2,1-2H3/t16-,24?,26?,27?/m1/s1. The van der Waals surface area contributed by atoms with Crippen molar-refractivity contribution in [2.24, 2.45) is 5.92 Å². The first-order valence-corrected chi connectivity index (χ1v) is 13.0. The number of nitrogens with zero attached hydrogens (tertiary/aromatic N) is 5. The number of halogens is 1. The number of pyridine rings is 1. The number of aromatic nitrogens is 4. The van der Waals surface area contributed by atoms with Gasteiger partial charge in [0.25, 0.3) is 5.91 Å². The Morgan fingerprint density at radius 1 is 1.32 bits per heavy atom. The highest BCUT2D eigenvalue weighted by molar-refractivity contribution is 5.85. The van der Waals surface area contributed by atoms with Gasteiger partial charge in [0.1, 0.15) is 23.1 Å². The molecule has 0 spiro atoms. The van der Waals surface area contributed by atoms with E-state index in [1.54, 1.807) is 9.58 Å². The minimum absolute atomic E-state index is 0.0624. The van der Waals surface area contributed by atoms with E-state index in [-0.39, 0.29) is 23.5 Å². The molecule has 194 valence electrons. The van der Waals surface area contributed by atoms with E-state index in [0.717, 1.165) is 28.6 Å². The van der Waals surface area contributed by atoms with Crippen molar-refractivity contribution in [3.05, 3.63) is 47.4 Å². The number of hydrogen-bond donors (Lipinski definition) is 0. The van der Waals surface area contributed by atoms with Crippen LogP contribution in [0.2, 0.25) is 0 Å². The maximum atomic E-state index is 13.2. The molecule has 6 heterocycles. The quantitative estimate of drug-likeness (QED) is 0.506. The Balaban J connectivity index is 1.11. The molecule has 2 aromatic heterocycles. The summed E-state index contributed by atoms with van der Waals surface area (Å²) in [4.78, 5) is 19.5. The second-order valence-corrected chi connectivity index (χ2v) is 11.3. The van der Waals surface area contributed by atoms with Gasteiger partial charge < -0.3 is 19.1 Å². The molecule has 3 saturated heterocycles. The Morgan fingerprint density at radius 2 is 2.16 bits per heavy atom. The fourth-order valence-electron chi connectivity index (χ4n) is 6.54. The second-order valence-electron chi connectivity index (χ2n) is 11.3. The Bertz CT molecular complexity index is 1380. The van der Waals surface area contributed by atoms with E-state index in [4.69, 9.17) is 14.2 Å². The van der Waals surface area contributed by atoms with Crippen molar-refractivity contribution in [1.82, 2.24) is 24.9 Å². The minimum Gasteiger partial charge on any atom is -0.484 e. The van der Waals surface area contributed by atoms with Crippen LogP contribution >= 0.6 is 0 Å². The van der Waals surface area contributed by atoms with Crippen LogP contribution in [0.4, 0.5) is 4.39 Å². The van der Waals surface area contributed by atoms with Crippen LogP contribution in [0.1, 0.15) is 49.6 Å². The van der Waals surface area contributed by atoms with Crippen molar-refractivity contribution in [3.63, 3.8) is 0 Å². The molecule has 1 aliphatic carbocycles. The molecule has 10 heteroatoms. The summed E-state index contributed by atoms with van der Waals surface area (Å²) in [7, 11) is 0. The molecule has 2 atom stereocenters. The highest BCUT2D eigenvalue weighted by Gasteiger charge is 2.70. The summed E-state index contributed by atoms with van der Waals surface area (Å²) in [6, 6.07) is 5.95. The SMILES string of the molecule is C[C@@H](Oc1ccc2ncc3c(c2c1)CCOC3)c1cn(C23CC(C)(C2)OC3C(=O)N2CC(CF)C2)nn1. The van der Waals surface area contributed by atoms with Crippen molar-refractivity contribution >= 4 is 16.8 Å². The van der Waals surface area contributed by atoms with Crippen molar-refractivity contribution in [3.8, 4) is 5.75 Å². The number of carbonyl (C=O) groups excluding carboxylic acids is 1. The summed E-state index contributed by atoms with van der Waals surface area (Å²) >= 11 is 0. The van der Waals surface area contributed by atoms with Crippen molar-refractivity contribution in [2.75, 3.05) is 26.4 Å². The first-order valence-electron chi connectivity index (χ1n) is 13.0. The maximum Gasteiger partial charge on any atom is 0.254 e. The summed E-state index contributed by atoms with van der Waals surface area (Å²) < 4.78 is 32.8. The molecule has 2 bridgehead atoms. The van der Waals surface area contributed by atoms with Crippen LogP contribution in [-0.4, -0.2) is 68.9 Å². The molecule has 0 radical (unpaired) electrons. The van der Waals surface area contributed by atoms with Crippen molar-refractivity contribution in [1.29, 1.82) is 0 Å². The summed E-state index contributed by atoms with van der Waals surface area (Å²) in [5.74, 6) is 0.599. The first-order chi connectivity index (χ1) is 17.9. The van der Waals surface area contributed by atoms with Gasteiger partial charge in [0.15, 0.2) is 6.10 Å². The third-order valence-corrected chi connectivity index (χ3v) is 8.45. The summed E-state index contributed by atoms with van der Waals surface area (Å²) in [5, 5.41) is 9.93. The summed E-state index contributed by atoms with van der Waals surface area (Å²) in [5.41, 5.74) is 3.11. The predicted molar refractivity (Wildman–Crippen MR) is 131 cm³/mol. The van der Waals surface area contributed by atoms with Gasteiger partial charge in [-0.2, -0.15) is 0 Å². The molecular formula is C27H30FN5O4. The van der Waals surface area contributed by atoms with Gasteiger partial charge in [-0.1, -0.05) is 5.21 Å². The predicted octanol–water partition coefficient (Wildman–Crippen LogP) is 3.11. The van der Waals surface area contributed by atoms with Gasteiger partial charge in [-0.3, -0.25) is 14.2 Å². The number of carbonyl (C=O) groups is 1. The fraction of sp³-hybridized carbons (Fsp3) is 0.556. The van der Waals surface area contributed by atoms with Crippen molar-refractivity contribution in [2.45, 2.75) is 63.1 Å². The van der Waals surface area contributed by atoms with Crippen LogP contribution in [0.25, 0.3) is 10.9 Å². The van der Waals surface area contributed by atoms with Crippen LogP contribution in [-0.2, 0) is 32.8 Å². The van der Waals surface area contributed by atoms with Crippen LogP contribution in [0, 0.1) is 5.92 Å². The van der Waals surface area contributed by atoms with Gasteiger partial charge in [-0.25, -0.2) is 4.68 Å². The van der Waals surface area contributed by atoms with Gasteiger partial charge in [0.05, 0.1) is 37.2 Å². The van der Waals surface area contributed by atoms with E-state index in [1.807, 2.05) is 44.4 Å². The van der Waals surface area contributed by atoms with Gasteiger partial charge >= 0.3 is 0 Å². The third kappa shape index (κ3) is 3.56. The van der Waals surface area contributed by atoms with Crippen LogP contribution < -0.4 is 4.74 Å². The molecule has 4 aliphatic heterocycles. The van der Waals surface area contributed by atoms with E-state index in [0.29, 0.717) is 44.8 Å². The average Bonchev–Trinajstić information content (AvgIpc) is 3.54. The van der Waals surface area contributed by atoms with E-state index in [1.165, 1.54) is 5.56 Å². The lowest BCUT2D eigenvalue weighted by atomic mass is 9.66. The number of ether oxygens (including phenoxy) is 3. The Kier molecular flexibility index (Phi) is 5.10. The van der Waals surface area contributed by atoms with Gasteiger partial charge in [0.2, 0.25) is 0 Å². The zero-order valence-electron chi connectivity index (χ0n) is 21.0. The lowest BCUT2D eigenvalue weighted by molar-refractivity contribution is -0.151. The van der Waals surface area contributed by atoms with E-state index >= 15 is 0 Å². The van der Waals surface area contributed by atoms with Gasteiger partial charge in [0, 0.05) is 43.4 Å². The number of likely N-dealkylation sites (tertiary alicyclic amines) is 1. The molecule has 1 saturated carbocycles. The number of amides is 1. The molecule has 1 unspecified atom stereocenters. The minimum atomic E-state index is -0.632. The van der Waals surface area contributed by atoms with Gasteiger partial charge in [-0.15, -0.1) is 5.10 Å². The van der Waals surface area contributed by atoms with E-state index in [9.17, 15) is 9.18 Å². The highest BCUT2D eigenvalue weighted by Crippen LogP contribution is 2.60. The molecule has 9 nitrogen and oxygen atoms in total. The number of rotatable bonds is 6. The number of alkyl halides is 1. The number of fused-ring (bicyclic) bond motifs is 4. The van der Waals surface area contributed by atoms with Crippen LogP contribution in [0.3, 0.4) is 0 Å². The smallest absolute Gasteiger partial charge is 0.254 e. The summed E-state index contributed by atoms with van der Waals surface area (Å²) in [6.45, 7) is 5.78. The van der Waals surface area contributed by atoms with Gasteiger partial charge in [-0.05, 0) is 49.6 Å². The molecule has 37 heavy (non-hydrogen) atoms. The maximum absolute atomic E-state index is 13.2. The van der Waals surface area contributed by atoms with E-state index in [2.05, 4.69) is 15.3 Å². The average molecular weight is 508 g/mol. The number of benzene rings is 1. The topological polar surface area (TPSA) is 91.6 Å². The molecule has 8 rings (SSSR count). The van der Waals surface area contributed by atoms with Crippen molar-refractivity contribution < 1.29 is 23.4 Å². The largest absolute Gasteiger partial charge is 0.484 e. The second kappa shape index (κ2) is 8.19. The monoisotopic (exact) mass is 507 g/mol. The molecule has 1 aromatic carbocycles. The van der Waals surface area contributed by atoms with Crippen LogP contribution in [0.5, 0.6) is 5.75 Å².